The van der Waals surface area contributed by atoms with Crippen LogP contribution in [0.3, 0.4) is 0 Å². The fourth-order valence-electron chi connectivity index (χ4n) is 2.64. The molecular formula is C16H27N3O2. The summed E-state index contributed by atoms with van der Waals surface area (Å²) in [6, 6.07) is 8.18. The lowest BCUT2D eigenvalue weighted by atomic mass is 10.2. The minimum Gasteiger partial charge on any atom is -0.497 e. The smallest absolute Gasteiger partial charge is 0.120 e. The van der Waals surface area contributed by atoms with E-state index in [0.29, 0.717) is 6.54 Å². The van der Waals surface area contributed by atoms with Gasteiger partial charge in [0.2, 0.25) is 0 Å². The van der Waals surface area contributed by atoms with E-state index in [2.05, 4.69) is 29.0 Å². The lowest BCUT2D eigenvalue weighted by Crippen LogP contribution is -2.46. The average molecular weight is 293 g/mol. The standard InChI is InChI=1S/C16H27N3O2/c1-18-9-10-21-16(12-18)13-19(8-4-7-17)14-5-3-6-15(11-14)20-2/h3,5-6,11,16H,4,7-10,12-13,17H2,1-2H3. The fourth-order valence-corrected chi connectivity index (χ4v) is 2.64. The van der Waals surface area contributed by atoms with Crippen molar-refractivity contribution in [3.8, 4) is 5.75 Å². The number of methoxy groups -OCH3 is 1. The van der Waals surface area contributed by atoms with Gasteiger partial charge in [-0.05, 0) is 32.1 Å². The summed E-state index contributed by atoms with van der Waals surface area (Å²) < 4.78 is 11.2. The van der Waals surface area contributed by atoms with Crippen LogP contribution in [-0.2, 0) is 4.74 Å². The normalized spacial score (nSPS) is 19.5. The summed E-state index contributed by atoms with van der Waals surface area (Å²) in [5, 5.41) is 0. The highest BCUT2D eigenvalue weighted by Crippen LogP contribution is 2.22. The Morgan fingerprint density at radius 2 is 2.33 bits per heavy atom. The van der Waals surface area contributed by atoms with Crippen molar-refractivity contribution in [1.82, 2.24) is 4.90 Å². The van der Waals surface area contributed by atoms with Gasteiger partial charge in [-0.15, -0.1) is 0 Å². The molecule has 1 fully saturated rings. The lowest BCUT2D eigenvalue weighted by Gasteiger charge is -2.35. The number of anilines is 1. The second kappa shape index (κ2) is 8.22. The maximum atomic E-state index is 5.89. The Hall–Kier alpha value is -1.30. The van der Waals surface area contributed by atoms with E-state index in [4.69, 9.17) is 15.2 Å². The van der Waals surface area contributed by atoms with Crippen molar-refractivity contribution in [2.75, 3.05) is 58.4 Å². The third-order valence-corrected chi connectivity index (χ3v) is 3.82. The molecule has 1 aromatic rings. The van der Waals surface area contributed by atoms with Crippen LogP contribution in [0, 0.1) is 0 Å². The monoisotopic (exact) mass is 293 g/mol. The fraction of sp³-hybridized carbons (Fsp3) is 0.625. The molecule has 5 heteroatoms. The van der Waals surface area contributed by atoms with Crippen LogP contribution >= 0.6 is 0 Å². The zero-order valence-electron chi connectivity index (χ0n) is 13.1. The number of hydrogen-bond acceptors (Lipinski definition) is 5. The molecular weight excluding hydrogens is 266 g/mol. The number of rotatable bonds is 7. The maximum Gasteiger partial charge on any atom is 0.120 e. The van der Waals surface area contributed by atoms with Crippen LogP contribution in [0.25, 0.3) is 0 Å². The highest BCUT2D eigenvalue weighted by atomic mass is 16.5. The molecule has 2 N–H and O–H groups in total. The predicted octanol–water partition coefficient (Wildman–Crippen LogP) is 1.18. The Morgan fingerprint density at radius 3 is 3.05 bits per heavy atom. The van der Waals surface area contributed by atoms with Gasteiger partial charge in [-0.25, -0.2) is 0 Å². The number of likely N-dealkylation sites (N-methyl/N-ethyl adjacent to an activating group) is 1. The summed E-state index contributed by atoms with van der Waals surface area (Å²) in [6.45, 7) is 5.32. The third-order valence-electron chi connectivity index (χ3n) is 3.82. The van der Waals surface area contributed by atoms with Gasteiger partial charge in [0.25, 0.3) is 0 Å². The van der Waals surface area contributed by atoms with Crippen LogP contribution in [0.2, 0.25) is 0 Å². The minimum absolute atomic E-state index is 0.243. The number of morpholine rings is 1. The van der Waals surface area contributed by atoms with Crippen molar-refractivity contribution in [2.24, 2.45) is 5.73 Å². The van der Waals surface area contributed by atoms with Gasteiger partial charge in [-0.1, -0.05) is 6.07 Å². The second-order valence-corrected chi connectivity index (χ2v) is 5.54. The van der Waals surface area contributed by atoms with Gasteiger partial charge in [-0.3, -0.25) is 0 Å². The third kappa shape index (κ3) is 4.88. The number of nitrogens with two attached hydrogens (primary N) is 1. The summed E-state index contributed by atoms with van der Waals surface area (Å²) in [6.07, 6.45) is 1.22. The van der Waals surface area contributed by atoms with Crippen LogP contribution < -0.4 is 15.4 Å². The molecule has 0 spiro atoms. The van der Waals surface area contributed by atoms with Gasteiger partial charge < -0.3 is 25.0 Å². The number of nitrogens with zero attached hydrogens (tertiary/aromatic N) is 2. The van der Waals surface area contributed by atoms with Crippen molar-refractivity contribution in [3.05, 3.63) is 24.3 Å². The Kier molecular flexibility index (Phi) is 6.29. The first-order valence-electron chi connectivity index (χ1n) is 7.62. The molecule has 1 aromatic carbocycles. The Balaban J connectivity index is 2.05. The SMILES string of the molecule is COc1cccc(N(CCCN)CC2CN(C)CCO2)c1. The Morgan fingerprint density at radius 1 is 1.48 bits per heavy atom. The summed E-state index contributed by atoms with van der Waals surface area (Å²) in [5.41, 5.74) is 6.84. The largest absolute Gasteiger partial charge is 0.497 e. The molecule has 0 aromatic heterocycles. The first kappa shape index (κ1) is 16.1. The topological polar surface area (TPSA) is 51.0 Å². The summed E-state index contributed by atoms with van der Waals surface area (Å²) >= 11 is 0. The molecule has 1 aliphatic heterocycles. The summed E-state index contributed by atoms with van der Waals surface area (Å²) in [4.78, 5) is 4.67. The van der Waals surface area contributed by atoms with E-state index in [-0.39, 0.29) is 6.10 Å². The Bertz CT molecular complexity index is 428. The average Bonchev–Trinajstić information content (AvgIpc) is 2.51. The first-order chi connectivity index (χ1) is 10.2. The number of hydrogen-bond donors (Lipinski definition) is 1. The molecule has 1 saturated heterocycles. The molecule has 0 radical (unpaired) electrons. The summed E-state index contributed by atoms with van der Waals surface area (Å²) in [7, 11) is 3.84. The van der Waals surface area contributed by atoms with Gasteiger partial charge >= 0.3 is 0 Å². The molecule has 0 saturated carbocycles. The molecule has 1 unspecified atom stereocenters. The minimum atomic E-state index is 0.243. The molecule has 0 bridgehead atoms. The predicted molar refractivity (Wildman–Crippen MR) is 86.1 cm³/mol. The van der Waals surface area contributed by atoms with Crippen LogP contribution in [0.4, 0.5) is 5.69 Å². The highest BCUT2D eigenvalue weighted by molar-refractivity contribution is 5.50. The van der Waals surface area contributed by atoms with Crippen molar-refractivity contribution < 1.29 is 9.47 Å². The van der Waals surface area contributed by atoms with Gasteiger partial charge in [0.05, 0.1) is 19.8 Å². The van der Waals surface area contributed by atoms with E-state index < -0.39 is 0 Å². The van der Waals surface area contributed by atoms with E-state index in [1.807, 2.05) is 12.1 Å². The van der Waals surface area contributed by atoms with Gasteiger partial charge in [0.15, 0.2) is 0 Å². The second-order valence-electron chi connectivity index (χ2n) is 5.54. The van der Waals surface area contributed by atoms with E-state index >= 15 is 0 Å². The van der Waals surface area contributed by atoms with Crippen molar-refractivity contribution in [3.63, 3.8) is 0 Å². The molecule has 0 amide bonds. The molecule has 0 aliphatic carbocycles. The first-order valence-corrected chi connectivity index (χ1v) is 7.62. The molecule has 2 rings (SSSR count). The van der Waals surface area contributed by atoms with E-state index in [0.717, 1.165) is 45.0 Å². The van der Waals surface area contributed by atoms with E-state index in [1.165, 1.54) is 5.69 Å². The van der Waals surface area contributed by atoms with E-state index in [9.17, 15) is 0 Å². The van der Waals surface area contributed by atoms with Crippen LogP contribution in [0.1, 0.15) is 6.42 Å². The van der Waals surface area contributed by atoms with Gasteiger partial charge in [0, 0.05) is 37.9 Å². The van der Waals surface area contributed by atoms with Crippen LogP contribution in [0.5, 0.6) is 5.75 Å². The highest BCUT2D eigenvalue weighted by Gasteiger charge is 2.21. The lowest BCUT2D eigenvalue weighted by molar-refractivity contribution is -0.0147. The van der Waals surface area contributed by atoms with E-state index in [1.54, 1.807) is 7.11 Å². The maximum absolute atomic E-state index is 5.89. The molecule has 21 heavy (non-hydrogen) atoms. The van der Waals surface area contributed by atoms with Gasteiger partial charge in [0.1, 0.15) is 5.75 Å². The molecule has 1 aliphatic rings. The molecule has 118 valence electrons. The van der Waals surface area contributed by atoms with Crippen molar-refractivity contribution >= 4 is 5.69 Å². The zero-order chi connectivity index (χ0) is 15.1. The van der Waals surface area contributed by atoms with Crippen molar-refractivity contribution in [1.29, 1.82) is 0 Å². The zero-order valence-corrected chi connectivity index (χ0v) is 13.1. The van der Waals surface area contributed by atoms with Crippen LogP contribution in [0.15, 0.2) is 24.3 Å². The quantitative estimate of drug-likeness (QED) is 0.818. The molecule has 1 atom stereocenters. The molecule has 5 nitrogen and oxygen atoms in total. The summed E-state index contributed by atoms with van der Waals surface area (Å²) in [5.74, 6) is 0.881. The number of benzene rings is 1. The van der Waals surface area contributed by atoms with Gasteiger partial charge in [-0.2, -0.15) is 0 Å². The van der Waals surface area contributed by atoms with Crippen LogP contribution in [-0.4, -0.2) is 64.5 Å². The molecule has 1 heterocycles. The number of ether oxygens (including phenoxy) is 2. The van der Waals surface area contributed by atoms with Crippen molar-refractivity contribution in [2.45, 2.75) is 12.5 Å². The Labute approximate surface area is 127 Å².